The van der Waals surface area contributed by atoms with Crippen LogP contribution in [0.4, 0.5) is 13.2 Å². The highest BCUT2D eigenvalue weighted by atomic mass is 19.4. The first-order valence-corrected chi connectivity index (χ1v) is 8.05. The van der Waals surface area contributed by atoms with E-state index in [0.717, 1.165) is 6.07 Å². The van der Waals surface area contributed by atoms with Crippen LogP contribution < -0.4 is 15.4 Å². The van der Waals surface area contributed by atoms with Crippen LogP contribution in [0.3, 0.4) is 0 Å². The van der Waals surface area contributed by atoms with Crippen molar-refractivity contribution in [3.05, 3.63) is 29.3 Å². The summed E-state index contributed by atoms with van der Waals surface area (Å²) in [5, 5.41) is 5.50. The first kappa shape index (κ1) is 19.5. The molecule has 1 aromatic carbocycles. The fraction of sp³-hybridized carbons (Fsp3) is 0.588. The van der Waals surface area contributed by atoms with Crippen LogP contribution in [0.25, 0.3) is 0 Å². The van der Waals surface area contributed by atoms with Gasteiger partial charge in [0.15, 0.2) is 0 Å². The summed E-state index contributed by atoms with van der Waals surface area (Å²) >= 11 is 0. The van der Waals surface area contributed by atoms with Gasteiger partial charge in [0.05, 0.1) is 12.2 Å². The molecule has 140 valence electrons. The van der Waals surface area contributed by atoms with Gasteiger partial charge in [-0.25, -0.2) is 0 Å². The zero-order chi connectivity index (χ0) is 18.7. The van der Waals surface area contributed by atoms with Crippen LogP contribution in [0, 0.1) is 0 Å². The second-order valence-corrected chi connectivity index (χ2v) is 6.81. The molecule has 1 atom stereocenters. The number of amides is 1. The second-order valence-electron chi connectivity index (χ2n) is 6.81. The number of morpholine rings is 1. The fourth-order valence-electron chi connectivity index (χ4n) is 2.42. The molecule has 25 heavy (non-hydrogen) atoms. The van der Waals surface area contributed by atoms with Crippen molar-refractivity contribution in [3.63, 3.8) is 0 Å². The monoisotopic (exact) mass is 360 g/mol. The number of halogens is 3. The largest absolute Gasteiger partial charge is 0.488 e. The van der Waals surface area contributed by atoms with Gasteiger partial charge in [0, 0.05) is 19.6 Å². The molecular formula is C17H23F3N2O3. The van der Waals surface area contributed by atoms with Crippen molar-refractivity contribution in [1.29, 1.82) is 0 Å². The van der Waals surface area contributed by atoms with Gasteiger partial charge in [0.1, 0.15) is 17.5 Å². The zero-order valence-corrected chi connectivity index (χ0v) is 14.5. The second kappa shape index (κ2) is 7.61. The minimum absolute atomic E-state index is 0.0223. The van der Waals surface area contributed by atoms with E-state index >= 15 is 0 Å². The summed E-state index contributed by atoms with van der Waals surface area (Å²) in [6, 6.07) is 3.76. The van der Waals surface area contributed by atoms with Crippen molar-refractivity contribution in [2.75, 3.05) is 19.7 Å². The highest BCUT2D eigenvalue weighted by Gasteiger charge is 2.34. The van der Waals surface area contributed by atoms with Crippen LogP contribution in [-0.2, 0) is 22.3 Å². The Bertz CT molecular complexity index is 606. The smallest absolute Gasteiger partial charge is 0.416 e. The molecule has 0 aliphatic carbocycles. The van der Waals surface area contributed by atoms with Gasteiger partial charge in [0.2, 0.25) is 0 Å². The average molecular weight is 360 g/mol. The fourth-order valence-corrected chi connectivity index (χ4v) is 2.42. The third-order valence-corrected chi connectivity index (χ3v) is 3.48. The number of alkyl halides is 3. The lowest BCUT2D eigenvalue weighted by Gasteiger charge is -2.24. The molecule has 0 spiro atoms. The van der Waals surface area contributed by atoms with Crippen LogP contribution >= 0.6 is 0 Å². The number of carbonyl (C=O) groups is 1. The molecule has 0 saturated carbocycles. The Morgan fingerprint density at radius 2 is 2.08 bits per heavy atom. The molecule has 5 nitrogen and oxygen atoms in total. The maximum Gasteiger partial charge on any atom is 0.416 e. The number of carbonyl (C=O) groups excluding carboxylic acids is 1. The summed E-state index contributed by atoms with van der Waals surface area (Å²) in [4.78, 5) is 12.0. The molecule has 0 bridgehead atoms. The first-order chi connectivity index (χ1) is 11.6. The Morgan fingerprint density at radius 3 is 2.64 bits per heavy atom. The van der Waals surface area contributed by atoms with Gasteiger partial charge >= 0.3 is 6.18 Å². The molecule has 2 rings (SSSR count). The molecule has 0 radical (unpaired) electrons. The van der Waals surface area contributed by atoms with E-state index in [1.165, 1.54) is 12.1 Å². The van der Waals surface area contributed by atoms with Gasteiger partial charge in [-0.15, -0.1) is 0 Å². The molecule has 1 unspecified atom stereocenters. The number of hydrogen-bond donors (Lipinski definition) is 2. The Balaban J connectivity index is 2.12. The molecule has 1 fully saturated rings. The van der Waals surface area contributed by atoms with Crippen molar-refractivity contribution in [2.24, 2.45) is 0 Å². The standard InChI is InChI=1S/C17H23F3N2O3/c1-16(2,3)25-12-5-4-11(13(8-12)17(18,19)20)9-22-15(23)14-10-21-6-7-24-14/h4-5,8,14,21H,6-7,9-10H2,1-3H3,(H,22,23). The topological polar surface area (TPSA) is 59.6 Å². The Hall–Kier alpha value is -1.80. The van der Waals surface area contributed by atoms with Crippen LogP contribution in [0.1, 0.15) is 31.9 Å². The Kier molecular flexibility index (Phi) is 5.95. The number of nitrogens with one attached hydrogen (secondary N) is 2. The number of rotatable bonds is 4. The molecule has 8 heteroatoms. The predicted octanol–water partition coefficient (Wildman–Crippen LogP) is 2.49. The van der Waals surface area contributed by atoms with Gasteiger partial charge in [-0.2, -0.15) is 13.2 Å². The molecule has 1 saturated heterocycles. The molecular weight excluding hydrogens is 337 g/mol. The van der Waals surface area contributed by atoms with Crippen molar-refractivity contribution >= 4 is 5.91 Å². The lowest BCUT2D eigenvalue weighted by molar-refractivity contribution is -0.139. The number of benzene rings is 1. The van der Waals surface area contributed by atoms with Crippen molar-refractivity contribution in [1.82, 2.24) is 10.6 Å². The van der Waals surface area contributed by atoms with Gasteiger partial charge in [-0.1, -0.05) is 6.07 Å². The highest BCUT2D eigenvalue weighted by molar-refractivity contribution is 5.81. The molecule has 2 N–H and O–H groups in total. The molecule has 0 aromatic heterocycles. The van der Waals surface area contributed by atoms with Crippen LogP contribution in [0.15, 0.2) is 18.2 Å². The summed E-state index contributed by atoms with van der Waals surface area (Å²) < 4.78 is 50.8. The minimum atomic E-state index is -4.54. The quantitative estimate of drug-likeness (QED) is 0.866. The lowest BCUT2D eigenvalue weighted by Crippen LogP contribution is -2.47. The van der Waals surface area contributed by atoms with E-state index in [9.17, 15) is 18.0 Å². The zero-order valence-electron chi connectivity index (χ0n) is 14.5. The highest BCUT2D eigenvalue weighted by Crippen LogP contribution is 2.35. The molecule has 1 aliphatic heterocycles. The molecule has 1 heterocycles. The summed E-state index contributed by atoms with van der Waals surface area (Å²) in [6.45, 7) is 6.42. The third-order valence-electron chi connectivity index (χ3n) is 3.48. The number of hydrogen-bond acceptors (Lipinski definition) is 4. The van der Waals surface area contributed by atoms with E-state index in [-0.39, 0.29) is 17.9 Å². The minimum Gasteiger partial charge on any atom is -0.488 e. The van der Waals surface area contributed by atoms with Crippen LogP contribution in [-0.4, -0.2) is 37.3 Å². The van der Waals surface area contributed by atoms with Gasteiger partial charge in [0.25, 0.3) is 5.91 Å². The van der Waals surface area contributed by atoms with Gasteiger partial charge < -0.3 is 20.1 Å². The SMILES string of the molecule is CC(C)(C)Oc1ccc(CNC(=O)C2CNCCO2)c(C(F)(F)F)c1. The first-order valence-electron chi connectivity index (χ1n) is 8.05. The Morgan fingerprint density at radius 1 is 1.36 bits per heavy atom. The van der Waals surface area contributed by atoms with E-state index in [0.29, 0.717) is 19.7 Å². The normalized spacial score (nSPS) is 18.7. The van der Waals surface area contributed by atoms with Crippen LogP contribution in [0.2, 0.25) is 0 Å². The number of ether oxygens (including phenoxy) is 2. The van der Waals surface area contributed by atoms with Crippen molar-refractivity contribution in [3.8, 4) is 5.75 Å². The Labute approximate surface area is 144 Å². The summed E-state index contributed by atoms with van der Waals surface area (Å²) in [5.74, 6) is -0.301. The van der Waals surface area contributed by atoms with E-state index in [4.69, 9.17) is 9.47 Å². The molecule has 1 aliphatic rings. The summed E-state index contributed by atoms with van der Waals surface area (Å²) in [6.07, 6.45) is -5.23. The molecule has 1 aromatic rings. The maximum absolute atomic E-state index is 13.3. The van der Waals surface area contributed by atoms with Gasteiger partial charge in [-0.3, -0.25) is 4.79 Å². The van der Waals surface area contributed by atoms with Gasteiger partial charge in [-0.05, 0) is 38.5 Å². The van der Waals surface area contributed by atoms with E-state index < -0.39 is 29.4 Å². The lowest BCUT2D eigenvalue weighted by atomic mass is 10.1. The summed E-state index contributed by atoms with van der Waals surface area (Å²) in [5.41, 5.74) is -1.45. The van der Waals surface area contributed by atoms with Crippen LogP contribution in [0.5, 0.6) is 5.75 Å². The van der Waals surface area contributed by atoms with E-state index in [1.54, 1.807) is 20.8 Å². The van der Waals surface area contributed by atoms with Crippen molar-refractivity contribution < 1.29 is 27.4 Å². The molecule has 1 amide bonds. The van der Waals surface area contributed by atoms with E-state index in [1.807, 2.05) is 0 Å². The maximum atomic E-state index is 13.3. The van der Waals surface area contributed by atoms with Crippen molar-refractivity contribution in [2.45, 2.75) is 45.2 Å². The predicted molar refractivity (Wildman–Crippen MR) is 86.3 cm³/mol. The average Bonchev–Trinajstić information content (AvgIpc) is 2.51. The van der Waals surface area contributed by atoms with E-state index in [2.05, 4.69) is 10.6 Å². The third kappa shape index (κ3) is 5.89. The summed E-state index contributed by atoms with van der Waals surface area (Å²) in [7, 11) is 0.